The molecule has 2 saturated heterocycles. The molecule has 2 fully saturated rings. The number of imide groups is 1. The van der Waals surface area contributed by atoms with Crippen molar-refractivity contribution in [3.8, 4) is 0 Å². The summed E-state index contributed by atoms with van der Waals surface area (Å²) in [5.74, 6) is -0.896. The topological polar surface area (TPSA) is 49.9 Å². The molecule has 0 spiro atoms. The van der Waals surface area contributed by atoms with E-state index in [1.807, 2.05) is 61.5 Å². The molecule has 2 aliphatic heterocycles. The number of hydrogen-bond acceptors (Lipinski definition) is 4. The molecule has 0 unspecified atom stereocenters. The second-order valence-electron chi connectivity index (χ2n) is 7.27. The van der Waals surface area contributed by atoms with E-state index in [1.165, 1.54) is 4.90 Å². The average molecular weight is 364 g/mol. The molecule has 140 valence electrons. The maximum absolute atomic E-state index is 13.2. The number of anilines is 2. The number of aryl methyl sites for hydroxylation is 1. The molecule has 2 aromatic carbocycles. The van der Waals surface area contributed by atoms with Gasteiger partial charge in [0.15, 0.2) is 6.10 Å². The van der Waals surface area contributed by atoms with Gasteiger partial charge in [0.1, 0.15) is 0 Å². The minimum Gasteiger partial charge on any atom is -0.273 e. The molecule has 2 aromatic rings. The van der Waals surface area contributed by atoms with Crippen LogP contribution in [-0.2, 0) is 14.4 Å². The minimum atomic E-state index is -0.749. The van der Waals surface area contributed by atoms with Crippen LogP contribution >= 0.6 is 0 Å². The highest BCUT2D eigenvalue weighted by molar-refractivity contribution is 6.23. The fraction of sp³-hybridized carbons (Fsp3) is 0.364. The Kier molecular flexibility index (Phi) is 4.70. The van der Waals surface area contributed by atoms with Gasteiger partial charge in [0.25, 0.3) is 5.91 Å². The van der Waals surface area contributed by atoms with Gasteiger partial charge in [-0.2, -0.15) is 0 Å². The van der Waals surface area contributed by atoms with E-state index in [0.29, 0.717) is 5.69 Å². The van der Waals surface area contributed by atoms with E-state index in [4.69, 9.17) is 4.84 Å². The molecule has 5 heteroatoms. The highest BCUT2D eigenvalue weighted by Crippen LogP contribution is 2.41. The normalized spacial score (nSPS) is 24.6. The summed E-state index contributed by atoms with van der Waals surface area (Å²) in [6, 6.07) is 17.0. The molecule has 2 amide bonds. The van der Waals surface area contributed by atoms with Crippen LogP contribution in [0.4, 0.5) is 11.4 Å². The second-order valence-corrected chi connectivity index (χ2v) is 7.27. The third-order valence-corrected chi connectivity index (χ3v) is 5.39. The lowest BCUT2D eigenvalue weighted by molar-refractivity contribution is -0.126. The minimum absolute atomic E-state index is 0.135. The Balaban J connectivity index is 1.66. The first kappa shape index (κ1) is 17.7. The van der Waals surface area contributed by atoms with Gasteiger partial charge in [0.05, 0.1) is 23.3 Å². The Morgan fingerprint density at radius 2 is 1.63 bits per heavy atom. The zero-order valence-electron chi connectivity index (χ0n) is 15.7. The van der Waals surface area contributed by atoms with E-state index < -0.39 is 12.0 Å². The number of unbranched alkanes of at least 4 members (excludes halogenated alkanes) is 1. The van der Waals surface area contributed by atoms with Gasteiger partial charge < -0.3 is 0 Å². The molecular weight excluding hydrogens is 340 g/mol. The van der Waals surface area contributed by atoms with Gasteiger partial charge in [-0.05, 0) is 37.6 Å². The fourth-order valence-corrected chi connectivity index (χ4v) is 3.98. The third kappa shape index (κ3) is 3.02. The summed E-state index contributed by atoms with van der Waals surface area (Å²) in [4.78, 5) is 33.6. The van der Waals surface area contributed by atoms with Crippen molar-refractivity contribution in [1.29, 1.82) is 0 Å². The van der Waals surface area contributed by atoms with Crippen LogP contribution < -0.4 is 9.96 Å². The number of hydrogen-bond donors (Lipinski definition) is 0. The van der Waals surface area contributed by atoms with Crippen LogP contribution in [0.1, 0.15) is 31.7 Å². The summed E-state index contributed by atoms with van der Waals surface area (Å²) in [5.41, 5.74) is 2.59. The van der Waals surface area contributed by atoms with Crippen LogP contribution in [0.3, 0.4) is 0 Å². The molecule has 5 nitrogen and oxygen atoms in total. The number of carbonyl (C=O) groups excluding carboxylic acids is 2. The Labute approximate surface area is 159 Å². The van der Waals surface area contributed by atoms with Crippen LogP contribution in [-0.4, -0.2) is 24.0 Å². The van der Waals surface area contributed by atoms with Crippen LogP contribution in [0, 0.1) is 12.8 Å². The van der Waals surface area contributed by atoms with Crippen LogP contribution in [0.5, 0.6) is 0 Å². The van der Waals surface area contributed by atoms with Crippen molar-refractivity contribution in [1.82, 2.24) is 0 Å². The molecule has 0 saturated carbocycles. The van der Waals surface area contributed by atoms with Crippen LogP contribution in [0.25, 0.3) is 0 Å². The molecule has 27 heavy (non-hydrogen) atoms. The van der Waals surface area contributed by atoms with Crippen molar-refractivity contribution < 1.29 is 14.4 Å². The molecule has 0 aliphatic carbocycles. The van der Waals surface area contributed by atoms with E-state index >= 15 is 0 Å². The lowest BCUT2D eigenvalue weighted by Gasteiger charge is -2.28. The first-order valence-corrected chi connectivity index (χ1v) is 9.57. The first-order valence-electron chi connectivity index (χ1n) is 9.57. The molecule has 3 atom stereocenters. The zero-order valence-corrected chi connectivity index (χ0v) is 15.7. The van der Waals surface area contributed by atoms with Crippen molar-refractivity contribution in [2.24, 2.45) is 5.92 Å². The molecule has 2 heterocycles. The van der Waals surface area contributed by atoms with Crippen molar-refractivity contribution in [3.05, 3.63) is 60.2 Å². The Morgan fingerprint density at radius 1 is 0.926 bits per heavy atom. The predicted molar refractivity (Wildman–Crippen MR) is 104 cm³/mol. The van der Waals surface area contributed by atoms with Crippen LogP contribution in [0.2, 0.25) is 0 Å². The molecule has 4 rings (SSSR count). The lowest BCUT2D eigenvalue weighted by Crippen LogP contribution is -2.40. The third-order valence-electron chi connectivity index (χ3n) is 5.39. The molecule has 0 radical (unpaired) electrons. The van der Waals surface area contributed by atoms with Crippen LogP contribution in [0.15, 0.2) is 54.6 Å². The van der Waals surface area contributed by atoms with Crippen molar-refractivity contribution in [2.45, 2.75) is 45.3 Å². The van der Waals surface area contributed by atoms with Gasteiger partial charge in [0.2, 0.25) is 5.91 Å². The summed E-state index contributed by atoms with van der Waals surface area (Å²) < 4.78 is 0. The molecule has 0 aromatic heterocycles. The van der Waals surface area contributed by atoms with E-state index in [1.54, 1.807) is 5.06 Å². The first-order chi connectivity index (χ1) is 13.1. The van der Waals surface area contributed by atoms with Gasteiger partial charge in [-0.3, -0.25) is 14.4 Å². The van der Waals surface area contributed by atoms with E-state index in [-0.39, 0.29) is 17.9 Å². The standard InChI is InChI=1S/C22H24N2O3/c1-3-4-10-18-19-20(27-24(18)17-8-6-5-7-9-17)22(26)23(21(19)25)16-13-11-15(2)12-14-16/h5-9,11-14,18-20H,3-4,10H2,1-2H3/t18-,19+,20+/m0/s1. The summed E-state index contributed by atoms with van der Waals surface area (Å²) in [6.45, 7) is 4.11. The Morgan fingerprint density at radius 3 is 2.30 bits per heavy atom. The fourth-order valence-electron chi connectivity index (χ4n) is 3.98. The van der Waals surface area contributed by atoms with E-state index in [0.717, 1.165) is 30.5 Å². The maximum atomic E-state index is 13.2. The van der Waals surface area contributed by atoms with Gasteiger partial charge >= 0.3 is 0 Å². The smallest absolute Gasteiger partial charge is 0.266 e. The molecule has 2 aliphatic rings. The molecule has 0 N–H and O–H groups in total. The summed E-state index contributed by atoms with van der Waals surface area (Å²) in [6.07, 6.45) is 2.07. The van der Waals surface area contributed by atoms with Gasteiger partial charge in [-0.1, -0.05) is 55.7 Å². The largest absolute Gasteiger partial charge is 0.273 e. The van der Waals surface area contributed by atoms with Crippen molar-refractivity contribution in [2.75, 3.05) is 9.96 Å². The Bertz CT molecular complexity index is 834. The summed E-state index contributed by atoms with van der Waals surface area (Å²) >= 11 is 0. The Hall–Kier alpha value is -2.66. The van der Waals surface area contributed by atoms with E-state index in [9.17, 15) is 9.59 Å². The van der Waals surface area contributed by atoms with Crippen molar-refractivity contribution in [3.63, 3.8) is 0 Å². The van der Waals surface area contributed by atoms with Crippen molar-refractivity contribution >= 4 is 23.2 Å². The number of fused-ring (bicyclic) bond motifs is 1. The monoisotopic (exact) mass is 364 g/mol. The highest BCUT2D eigenvalue weighted by atomic mass is 16.7. The lowest BCUT2D eigenvalue weighted by atomic mass is 9.92. The highest BCUT2D eigenvalue weighted by Gasteiger charge is 2.59. The van der Waals surface area contributed by atoms with Gasteiger partial charge in [-0.15, -0.1) is 0 Å². The summed E-state index contributed by atoms with van der Waals surface area (Å²) in [5, 5.41) is 1.78. The number of carbonyl (C=O) groups is 2. The summed E-state index contributed by atoms with van der Waals surface area (Å²) in [7, 11) is 0. The quantitative estimate of drug-likeness (QED) is 0.756. The van der Waals surface area contributed by atoms with E-state index in [2.05, 4.69) is 6.92 Å². The number of hydroxylamine groups is 1. The number of nitrogens with zero attached hydrogens (tertiary/aromatic N) is 2. The maximum Gasteiger partial charge on any atom is 0.266 e. The zero-order chi connectivity index (χ0) is 19.0. The number of para-hydroxylation sites is 1. The molecule has 0 bridgehead atoms. The van der Waals surface area contributed by atoms with Gasteiger partial charge in [0, 0.05) is 0 Å². The number of amides is 2. The van der Waals surface area contributed by atoms with Gasteiger partial charge in [-0.25, -0.2) is 9.96 Å². The number of benzene rings is 2. The SMILES string of the molecule is CCCC[C@H]1[C@H]2C(=O)N(c3ccc(C)cc3)C(=O)[C@@H]2ON1c1ccccc1. The second kappa shape index (κ2) is 7.16. The molecular formula is C22H24N2O3. The average Bonchev–Trinajstić information content (AvgIpc) is 3.18. The predicted octanol–water partition coefficient (Wildman–Crippen LogP) is 3.86. The number of rotatable bonds is 5.